The van der Waals surface area contributed by atoms with Gasteiger partial charge in [0.1, 0.15) is 0 Å². The molecule has 0 N–H and O–H groups in total. The standard InChI is InChI=1S/C20H25N5OS/c1-2-27-20-22-9-16(10-23-20)13-24-11-15-3-4-18(24)14-25(12-15)19(26)17-5-7-21-8-6-17/h5-10,15,18H,2-4,11-14H2,1H3/t15-,18-/m1/s1. The second-order valence-corrected chi connectivity index (χ2v) is 8.51. The van der Waals surface area contributed by atoms with Crippen LogP contribution in [0, 0.1) is 5.92 Å². The lowest BCUT2D eigenvalue weighted by Crippen LogP contribution is -2.44. The number of hydrogen-bond donors (Lipinski definition) is 0. The lowest BCUT2D eigenvalue weighted by atomic mass is 9.95. The van der Waals surface area contributed by atoms with Crippen LogP contribution < -0.4 is 0 Å². The molecule has 3 aliphatic rings. The number of pyridine rings is 1. The van der Waals surface area contributed by atoms with Gasteiger partial charge in [0.2, 0.25) is 0 Å². The van der Waals surface area contributed by atoms with Gasteiger partial charge in [-0.1, -0.05) is 18.7 Å². The van der Waals surface area contributed by atoms with Gasteiger partial charge in [-0.05, 0) is 36.6 Å². The highest BCUT2D eigenvalue weighted by atomic mass is 32.2. The second kappa shape index (κ2) is 8.35. The van der Waals surface area contributed by atoms with E-state index in [1.165, 1.54) is 6.42 Å². The number of hydrogen-bond acceptors (Lipinski definition) is 6. The summed E-state index contributed by atoms with van der Waals surface area (Å²) in [5.74, 6) is 1.64. The summed E-state index contributed by atoms with van der Waals surface area (Å²) in [6.07, 6.45) is 9.62. The van der Waals surface area contributed by atoms with E-state index in [0.717, 1.165) is 54.6 Å². The van der Waals surface area contributed by atoms with Gasteiger partial charge in [-0.25, -0.2) is 9.97 Å². The molecule has 0 saturated carbocycles. The van der Waals surface area contributed by atoms with E-state index < -0.39 is 0 Å². The Kier molecular flexibility index (Phi) is 5.69. The number of carbonyl (C=O) groups is 1. The van der Waals surface area contributed by atoms with Crippen molar-refractivity contribution in [3.05, 3.63) is 48.0 Å². The first kappa shape index (κ1) is 18.4. The maximum atomic E-state index is 12.9. The Balaban J connectivity index is 1.44. The van der Waals surface area contributed by atoms with Gasteiger partial charge in [-0.3, -0.25) is 14.7 Å². The third kappa shape index (κ3) is 4.30. The minimum absolute atomic E-state index is 0.125. The van der Waals surface area contributed by atoms with Gasteiger partial charge in [-0.15, -0.1) is 0 Å². The summed E-state index contributed by atoms with van der Waals surface area (Å²) in [5, 5.41) is 0.841. The van der Waals surface area contributed by atoms with Gasteiger partial charge in [0.15, 0.2) is 5.16 Å². The molecule has 3 aliphatic heterocycles. The summed E-state index contributed by atoms with van der Waals surface area (Å²) in [5.41, 5.74) is 1.88. The minimum atomic E-state index is 0.125. The summed E-state index contributed by atoms with van der Waals surface area (Å²) < 4.78 is 0. The van der Waals surface area contributed by atoms with Crippen LogP contribution in [0.3, 0.4) is 0 Å². The SMILES string of the molecule is CCSc1ncc(CN2C[C@H]3CC[C@@H]2CN(C(=O)c2ccncc2)C3)cn1. The van der Waals surface area contributed by atoms with Crippen molar-refractivity contribution in [2.75, 3.05) is 25.4 Å². The molecule has 7 heteroatoms. The predicted octanol–water partition coefficient (Wildman–Crippen LogP) is 2.72. The first-order chi connectivity index (χ1) is 13.2. The fourth-order valence-corrected chi connectivity index (χ4v) is 4.59. The molecule has 0 spiro atoms. The molecule has 0 aliphatic carbocycles. The van der Waals surface area contributed by atoms with Crippen LogP contribution in [-0.2, 0) is 6.54 Å². The molecule has 0 radical (unpaired) electrons. The maximum Gasteiger partial charge on any atom is 0.254 e. The molecule has 142 valence electrons. The quantitative estimate of drug-likeness (QED) is 0.584. The third-order valence-corrected chi connectivity index (χ3v) is 6.14. The molecule has 5 heterocycles. The van der Waals surface area contributed by atoms with Crippen molar-refractivity contribution in [1.82, 2.24) is 24.8 Å². The van der Waals surface area contributed by atoms with Crippen LogP contribution in [0.1, 0.15) is 35.7 Å². The number of fused-ring (bicyclic) bond motifs is 4. The first-order valence-electron chi connectivity index (χ1n) is 9.60. The highest BCUT2D eigenvalue weighted by Crippen LogP contribution is 2.30. The molecule has 27 heavy (non-hydrogen) atoms. The Morgan fingerprint density at radius 3 is 2.67 bits per heavy atom. The fourth-order valence-electron chi connectivity index (χ4n) is 4.08. The summed E-state index contributed by atoms with van der Waals surface area (Å²) in [7, 11) is 0. The van der Waals surface area contributed by atoms with Crippen LogP contribution in [0.5, 0.6) is 0 Å². The summed E-state index contributed by atoms with van der Waals surface area (Å²) in [6, 6.07) is 4.01. The Labute approximate surface area is 164 Å². The average Bonchev–Trinajstić information content (AvgIpc) is 3.02. The van der Waals surface area contributed by atoms with Crippen molar-refractivity contribution in [3.63, 3.8) is 0 Å². The summed E-state index contributed by atoms with van der Waals surface area (Å²) in [4.78, 5) is 30.4. The monoisotopic (exact) mass is 383 g/mol. The van der Waals surface area contributed by atoms with E-state index in [1.807, 2.05) is 17.3 Å². The molecular weight excluding hydrogens is 358 g/mol. The van der Waals surface area contributed by atoms with Gasteiger partial charge in [0.05, 0.1) is 0 Å². The molecule has 5 rings (SSSR count). The molecule has 3 saturated heterocycles. The van der Waals surface area contributed by atoms with Crippen LogP contribution in [0.4, 0.5) is 0 Å². The van der Waals surface area contributed by atoms with Gasteiger partial charge in [0.25, 0.3) is 5.91 Å². The zero-order valence-electron chi connectivity index (χ0n) is 15.6. The van der Waals surface area contributed by atoms with E-state index >= 15 is 0 Å². The van der Waals surface area contributed by atoms with Crippen molar-refractivity contribution >= 4 is 17.7 Å². The van der Waals surface area contributed by atoms with Crippen LogP contribution in [0.2, 0.25) is 0 Å². The van der Waals surface area contributed by atoms with Crippen molar-refractivity contribution in [1.29, 1.82) is 0 Å². The third-order valence-electron chi connectivity index (χ3n) is 5.38. The normalized spacial score (nSPS) is 22.6. The first-order valence-corrected chi connectivity index (χ1v) is 10.6. The molecule has 2 atom stereocenters. The van der Waals surface area contributed by atoms with Gasteiger partial charge < -0.3 is 4.90 Å². The second-order valence-electron chi connectivity index (χ2n) is 7.28. The Bertz CT molecular complexity index is 770. The average molecular weight is 384 g/mol. The van der Waals surface area contributed by atoms with Crippen LogP contribution in [0.25, 0.3) is 0 Å². The largest absolute Gasteiger partial charge is 0.337 e. The van der Waals surface area contributed by atoms with Gasteiger partial charge >= 0.3 is 0 Å². The highest BCUT2D eigenvalue weighted by Gasteiger charge is 2.36. The van der Waals surface area contributed by atoms with Crippen LogP contribution in [-0.4, -0.2) is 62.1 Å². The minimum Gasteiger partial charge on any atom is -0.337 e. The molecule has 0 aromatic carbocycles. The Morgan fingerprint density at radius 1 is 1.15 bits per heavy atom. The number of thioether (sulfide) groups is 1. The smallest absolute Gasteiger partial charge is 0.254 e. The van der Waals surface area contributed by atoms with E-state index in [2.05, 4.69) is 26.8 Å². The fraction of sp³-hybridized carbons (Fsp3) is 0.500. The molecule has 2 aromatic heterocycles. The van der Waals surface area contributed by atoms with Crippen molar-refractivity contribution in [2.45, 2.75) is 37.5 Å². The zero-order chi connectivity index (χ0) is 18.6. The highest BCUT2D eigenvalue weighted by molar-refractivity contribution is 7.99. The molecule has 6 nitrogen and oxygen atoms in total. The number of carbonyl (C=O) groups excluding carboxylic acids is 1. The van der Waals surface area contributed by atoms with Crippen molar-refractivity contribution in [3.8, 4) is 0 Å². The van der Waals surface area contributed by atoms with E-state index in [9.17, 15) is 4.79 Å². The van der Waals surface area contributed by atoms with E-state index in [4.69, 9.17) is 0 Å². The molecular formula is C20H25N5OS. The van der Waals surface area contributed by atoms with E-state index in [0.29, 0.717) is 12.0 Å². The molecule has 2 aromatic rings. The van der Waals surface area contributed by atoms with Crippen LogP contribution in [0.15, 0.2) is 42.1 Å². The number of nitrogens with zero attached hydrogens (tertiary/aromatic N) is 5. The topological polar surface area (TPSA) is 62.2 Å². The van der Waals surface area contributed by atoms with E-state index in [-0.39, 0.29) is 5.91 Å². The summed E-state index contributed by atoms with van der Waals surface area (Å²) in [6.45, 7) is 5.64. The predicted molar refractivity (Wildman–Crippen MR) is 105 cm³/mol. The van der Waals surface area contributed by atoms with Crippen LogP contribution >= 0.6 is 11.8 Å². The lowest BCUT2D eigenvalue weighted by Gasteiger charge is -2.35. The molecule has 0 unspecified atom stereocenters. The van der Waals surface area contributed by atoms with Gasteiger partial charge in [0, 0.05) is 68.1 Å². The van der Waals surface area contributed by atoms with E-state index in [1.54, 1.807) is 36.3 Å². The number of piperidine rings is 1. The lowest BCUT2D eigenvalue weighted by molar-refractivity contribution is 0.0735. The summed E-state index contributed by atoms with van der Waals surface area (Å²) >= 11 is 1.66. The maximum absolute atomic E-state index is 12.9. The number of aromatic nitrogens is 3. The zero-order valence-corrected chi connectivity index (χ0v) is 16.4. The number of rotatable bonds is 5. The molecule has 3 fully saturated rings. The Morgan fingerprint density at radius 2 is 1.93 bits per heavy atom. The molecule has 2 bridgehead atoms. The number of amides is 1. The van der Waals surface area contributed by atoms with Crippen molar-refractivity contribution in [2.24, 2.45) is 5.92 Å². The molecule has 1 amide bonds. The van der Waals surface area contributed by atoms with Gasteiger partial charge in [-0.2, -0.15) is 0 Å². The Hall–Kier alpha value is -1.99. The van der Waals surface area contributed by atoms with Crippen molar-refractivity contribution < 1.29 is 4.79 Å².